The van der Waals surface area contributed by atoms with Gasteiger partial charge in [0.15, 0.2) is 0 Å². The van der Waals surface area contributed by atoms with E-state index in [9.17, 15) is 4.79 Å². The van der Waals surface area contributed by atoms with Crippen LogP contribution in [0.15, 0.2) is 30.3 Å². The van der Waals surface area contributed by atoms with Crippen LogP contribution < -0.4 is 19.5 Å². The topological polar surface area (TPSA) is 93.5 Å². The van der Waals surface area contributed by atoms with E-state index in [1.165, 1.54) is 12.1 Å². The van der Waals surface area contributed by atoms with Crippen LogP contribution in [0.4, 0.5) is 0 Å². The summed E-state index contributed by atoms with van der Waals surface area (Å²) < 4.78 is 15.8. The van der Waals surface area contributed by atoms with Gasteiger partial charge in [0, 0.05) is 12.1 Å². The Morgan fingerprint density at radius 1 is 1.24 bits per heavy atom. The van der Waals surface area contributed by atoms with Crippen LogP contribution in [0.1, 0.15) is 28.5 Å². The first kappa shape index (κ1) is 18.1. The number of nitrogens with zero attached hydrogens (tertiary/aromatic N) is 2. The fourth-order valence-corrected chi connectivity index (χ4v) is 2.18. The average molecular weight is 341 g/mol. The van der Waals surface area contributed by atoms with E-state index in [1.54, 1.807) is 39.3 Å². The van der Waals surface area contributed by atoms with Crippen LogP contribution >= 0.6 is 0 Å². The minimum absolute atomic E-state index is 0.150. The standard InChI is InChI=1S/C18H19N3O4/c1-4-25-18-12(10-19)5-7-15(21-18)17(22)20-11-13-9-14(23-2)6-8-16(13)24-3/h5-9H,4,11H2,1-3H3,(H,20,22). The zero-order valence-corrected chi connectivity index (χ0v) is 14.3. The Kier molecular flexibility index (Phi) is 6.18. The average Bonchev–Trinajstić information content (AvgIpc) is 2.65. The van der Waals surface area contributed by atoms with E-state index in [2.05, 4.69) is 10.3 Å². The lowest BCUT2D eigenvalue weighted by Gasteiger charge is -2.12. The number of hydrogen-bond acceptors (Lipinski definition) is 6. The predicted molar refractivity (Wildman–Crippen MR) is 90.8 cm³/mol. The van der Waals surface area contributed by atoms with Crippen LogP contribution in [0.2, 0.25) is 0 Å². The van der Waals surface area contributed by atoms with Crippen molar-refractivity contribution in [3.63, 3.8) is 0 Å². The lowest BCUT2D eigenvalue weighted by molar-refractivity contribution is 0.0944. The second-order valence-electron chi connectivity index (χ2n) is 4.95. The van der Waals surface area contributed by atoms with Gasteiger partial charge in [0.1, 0.15) is 28.8 Å². The summed E-state index contributed by atoms with van der Waals surface area (Å²) >= 11 is 0. The van der Waals surface area contributed by atoms with Crippen molar-refractivity contribution >= 4 is 5.91 Å². The first-order valence-electron chi connectivity index (χ1n) is 7.66. The van der Waals surface area contributed by atoms with Gasteiger partial charge in [-0.2, -0.15) is 5.26 Å². The largest absolute Gasteiger partial charge is 0.497 e. The molecule has 130 valence electrons. The third-order valence-corrected chi connectivity index (χ3v) is 3.42. The summed E-state index contributed by atoms with van der Waals surface area (Å²) in [7, 11) is 3.13. The quantitative estimate of drug-likeness (QED) is 0.830. The van der Waals surface area contributed by atoms with Gasteiger partial charge < -0.3 is 19.5 Å². The van der Waals surface area contributed by atoms with E-state index in [1.807, 2.05) is 6.07 Å². The molecule has 0 saturated carbocycles. The molecule has 0 spiro atoms. The highest BCUT2D eigenvalue weighted by atomic mass is 16.5. The molecule has 0 radical (unpaired) electrons. The first-order valence-corrected chi connectivity index (χ1v) is 7.66. The van der Waals surface area contributed by atoms with Gasteiger partial charge in [0.25, 0.3) is 5.91 Å². The normalized spacial score (nSPS) is 9.84. The molecule has 1 aromatic carbocycles. The number of ether oxygens (including phenoxy) is 3. The smallest absolute Gasteiger partial charge is 0.270 e. The zero-order chi connectivity index (χ0) is 18.2. The van der Waals surface area contributed by atoms with Gasteiger partial charge >= 0.3 is 0 Å². The van der Waals surface area contributed by atoms with E-state index in [-0.39, 0.29) is 29.6 Å². The number of aromatic nitrogens is 1. The second-order valence-corrected chi connectivity index (χ2v) is 4.95. The van der Waals surface area contributed by atoms with Gasteiger partial charge in [-0.3, -0.25) is 4.79 Å². The Bertz CT molecular complexity index is 799. The van der Waals surface area contributed by atoms with Crippen LogP contribution in [-0.2, 0) is 6.54 Å². The van der Waals surface area contributed by atoms with Crippen LogP contribution in [0.3, 0.4) is 0 Å². The maximum absolute atomic E-state index is 12.3. The summed E-state index contributed by atoms with van der Waals surface area (Å²) in [6.45, 7) is 2.38. The van der Waals surface area contributed by atoms with Gasteiger partial charge in [-0.1, -0.05) is 0 Å². The number of carbonyl (C=O) groups excluding carboxylic acids is 1. The Labute approximate surface area is 146 Å². The Morgan fingerprint density at radius 3 is 2.68 bits per heavy atom. The second kappa shape index (κ2) is 8.55. The van der Waals surface area contributed by atoms with E-state index in [0.717, 1.165) is 5.56 Å². The van der Waals surface area contributed by atoms with Crippen molar-refractivity contribution in [2.24, 2.45) is 0 Å². The highest BCUT2D eigenvalue weighted by Gasteiger charge is 2.13. The Balaban J connectivity index is 2.15. The molecule has 0 saturated heterocycles. The molecule has 0 fully saturated rings. The molecule has 1 amide bonds. The number of carbonyl (C=O) groups is 1. The number of pyridine rings is 1. The summed E-state index contributed by atoms with van der Waals surface area (Å²) in [4.78, 5) is 16.5. The molecule has 2 rings (SSSR count). The lowest BCUT2D eigenvalue weighted by Crippen LogP contribution is -2.24. The fraction of sp³-hybridized carbons (Fsp3) is 0.278. The van der Waals surface area contributed by atoms with Gasteiger partial charge in [0.05, 0.1) is 20.8 Å². The zero-order valence-electron chi connectivity index (χ0n) is 14.3. The molecule has 1 N–H and O–H groups in total. The number of methoxy groups -OCH3 is 2. The molecule has 0 aliphatic carbocycles. The molecule has 0 unspecified atom stereocenters. The summed E-state index contributed by atoms with van der Waals surface area (Å²) in [6.07, 6.45) is 0. The third-order valence-electron chi connectivity index (χ3n) is 3.42. The van der Waals surface area contributed by atoms with Crippen LogP contribution in [-0.4, -0.2) is 31.7 Å². The predicted octanol–water partition coefficient (Wildman–Crippen LogP) is 2.30. The van der Waals surface area contributed by atoms with Crippen molar-refractivity contribution in [2.75, 3.05) is 20.8 Å². The molecule has 2 aromatic rings. The molecular weight excluding hydrogens is 322 g/mol. The fourth-order valence-electron chi connectivity index (χ4n) is 2.18. The number of amides is 1. The summed E-state index contributed by atoms with van der Waals surface area (Å²) in [5.41, 5.74) is 1.23. The van der Waals surface area contributed by atoms with Crippen molar-refractivity contribution < 1.29 is 19.0 Å². The molecule has 0 atom stereocenters. The van der Waals surface area contributed by atoms with Crippen molar-refractivity contribution in [3.05, 3.63) is 47.2 Å². The van der Waals surface area contributed by atoms with Crippen molar-refractivity contribution in [2.45, 2.75) is 13.5 Å². The van der Waals surface area contributed by atoms with E-state index in [0.29, 0.717) is 18.1 Å². The van der Waals surface area contributed by atoms with Crippen molar-refractivity contribution in [1.29, 1.82) is 5.26 Å². The third kappa shape index (κ3) is 4.38. The number of nitrogens with one attached hydrogen (secondary N) is 1. The molecule has 0 bridgehead atoms. The minimum Gasteiger partial charge on any atom is -0.497 e. The Hall–Kier alpha value is -3.27. The molecule has 1 aromatic heterocycles. The highest BCUT2D eigenvalue weighted by molar-refractivity contribution is 5.92. The number of rotatable bonds is 7. The summed E-state index contributed by atoms with van der Waals surface area (Å²) in [5.74, 6) is 1.08. The van der Waals surface area contributed by atoms with Crippen LogP contribution in [0, 0.1) is 11.3 Å². The van der Waals surface area contributed by atoms with Crippen molar-refractivity contribution in [3.8, 4) is 23.4 Å². The van der Waals surface area contributed by atoms with E-state index >= 15 is 0 Å². The van der Waals surface area contributed by atoms with Gasteiger partial charge in [-0.05, 0) is 37.3 Å². The molecule has 0 aliphatic rings. The van der Waals surface area contributed by atoms with E-state index in [4.69, 9.17) is 19.5 Å². The summed E-state index contributed by atoms with van der Waals surface area (Å²) in [6, 6.07) is 10.3. The van der Waals surface area contributed by atoms with Gasteiger partial charge in [0.2, 0.25) is 5.88 Å². The number of benzene rings is 1. The van der Waals surface area contributed by atoms with Crippen molar-refractivity contribution in [1.82, 2.24) is 10.3 Å². The van der Waals surface area contributed by atoms with Gasteiger partial charge in [-0.25, -0.2) is 4.98 Å². The molecule has 7 heteroatoms. The highest BCUT2D eigenvalue weighted by Crippen LogP contribution is 2.24. The maximum atomic E-state index is 12.3. The number of nitriles is 1. The minimum atomic E-state index is -0.379. The SMILES string of the molecule is CCOc1nc(C(=O)NCc2cc(OC)ccc2OC)ccc1C#N. The number of hydrogen-bond donors (Lipinski definition) is 1. The monoisotopic (exact) mass is 341 g/mol. The summed E-state index contributed by atoms with van der Waals surface area (Å²) in [5, 5.41) is 11.8. The molecule has 0 aliphatic heterocycles. The van der Waals surface area contributed by atoms with E-state index < -0.39 is 0 Å². The molecule has 7 nitrogen and oxygen atoms in total. The molecule has 25 heavy (non-hydrogen) atoms. The van der Waals surface area contributed by atoms with Crippen LogP contribution in [0.25, 0.3) is 0 Å². The van der Waals surface area contributed by atoms with Gasteiger partial charge in [-0.15, -0.1) is 0 Å². The molecular formula is C18H19N3O4. The van der Waals surface area contributed by atoms with Crippen LogP contribution in [0.5, 0.6) is 17.4 Å². The maximum Gasteiger partial charge on any atom is 0.270 e. The Morgan fingerprint density at radius 2 is 2.04 bits per heavy atom. The molecule has 1 heterocycles. The first-order chi connectivity index (χ1) is 12.1. The lowest BCUT2D eigenvalue weighted by atomic mass is 10.2.